The van der Waals surface area contributed by atoms with E-state index in [1.54, 1.807) is 6.08 Å². The van der Waals surface area contributed by atoms with E-state index in [1.807, 2.05) is 24.3 Å². The molecule has 0 aromatic heterocycles. The lowest BCUT2D eigenvalue weighted by Crippen LogP contribution is -2.41. The Morgan fingerprint density at radius 3 is 2.67 bits per heavy atom. The van der Waals surface area contributed by atoms with E-state index in [0.717, 1.165) is 35.7 Å². The standard InChI is InChI=1S/C16H17BrN2O2/c17-12-6-4-5-11(9-12)10-14-15(20)19(16(21)18-14)13-7-2-1-3-8-13/h4-6,9-10,13H,1-3,7-8H2,(H,18,21)/b14-10-. The molecule has 2 fully saturated rings. The highest BCUT2D eigenvalue weighted by molar-refractivity contribution is 9.10. The molecule has 21 heavy (non-hydrogen) atoms. The summed E-state index contributed by atoms with van der Waals surface area (Å²) in [5.74, 6) is -0.202. The summed E-state index contributed by atoms with van der Waals surface area (Å²) in [5.41, 5.74) is 1.25. The Kier molecular flexibility index (Phi) is 4.10. The lowest BCUT2D eigenvalue weighted by Gasteiger charge is -2.28. The molecule has 3 amide bonds. The van der Waals surface area contributed by atoms with Crippen LogP contribution in [0, 0.1) is 0 Å². The van der Waals surface area contributed by atoms with Crippen LogP contribution in [-0.4, -0.2) is 22.9 Å². The van der Waals surface area contributed by atoms with Crippen molar-refractivity contribution in [2.45, 2.75) is 38.1 Å². The van der Waals surface area contributed by atoms with Crippen molar-refractivity contribution < 1.29 is 9.59 Å². The van der Waals surface area contributed by atoms with Gasteiger partial charge in [-0.2, -0.15) is 0 Å². The largest absolute Gasteiger partial charge is 0.329 e. The molecular weight excluding hydrogens is 332 g/mol. The molecule has 1 aromatic carbocycles. The number of nitrogens with zero attached hydrogens (tertiary/aromatic N) is 1. The smallest absolute Gasteiger partial charge is 0.303 e. The number of nitrogens with one attached hydrogen (secondary N) is 1. The summed E-state index contributed by atoms with van der Waals surface area (Å²) in [5, 5.41) is 2.70. The lowest BCUT2D eigenvalue weighted by molar-refractivity contribution is -0.124. The van der Waals surface area contributed by atoms with Gasteiger partial charge < -0.3 is 5.32 Å². The van der Waals surface area contributed by atoms with Crippen molar-refractivity contribution in [2.75, 3.05) is 0 Å². The Bertz CT molecular complexity index is 606. The molecule has 5 heteroatoms. The molecule has 0 bridgehead atoms. The number of benzene rings is 1. The van der Waals surface area contributed by atoms with Crippen molar-refractivity contribution in [3.05, 3.63) is 40.0 Å². The molecule has 0 radical (unpaired) electrons. The van der Waals surface area contributed by atoms with Gasteiger partial charge in [-0.05, 0) is 36.6 Å². The molecule has 0 spiro atoms. The first-order valence-corrected chi connectivity index (χ1v) is 8.06. The van der Waals surface area contributed by atoms with Gasteiger partial charge in [-0.3, -0.25) is 9.69 Å². The molecule has 1 aliphatic heterocycles. The third-order valence-electron chi connectivity index (χ3n) is 4.01. The van der Waals surface area contributed by atoms with Crippen LogP contribution in [0.4, 0.5) is 4.79 Å². The van der Waals surface area contributed by atoms with E-state index in [9.17, 15) is 9.59 Å². The van der Waals surface area contributed by atoms with E-state index in [-0.39, 0.29) is 18.0 Å². The zero-order valence-electron chi connectivity index (χ0n) is 11.6. The molecule has 3 rings (SSSR count). The fourth-order valence-corrected chi connectivity index (χ4v) is 3.40. The SMILES string of the molecule is O=C1N/C(=C\c2cccc(Br)c2)C(=O)N1C1CCCCC1. The van der Waals surface area contributed by atoms with Gasteiger partial charge in [0, 0.05) is 10.5 Å². The summed E-state index contributed by atoms with van der Waals surface area (Å²) >= 11 is 3.40. The minimum absolute atomic E-state index is 0.0552. The van der Waals surface area contributed by atoms with Crippen LogP contribution in [0.15, 0.2) is 34.4 Å². The number of hydrogen-bond donors (Lipinski definition) is 1. The van der Waals surface area contributed by atoms with Crippen molar-refractivity contribution >= 4 is 33.9 Å². The second-order valence-corrected chi connectivity index (χ2v) is 6.43. The molecule has 1 N–H and O–H groups in total. The normalized spacial score (nSPS) is 22.0. The number of carbonyl (C=O) groups is 2. The van der Waals surface area contributed by atoms with Crippen molar-refractivity contribution in [1.82, 2.24) is 10.2 Å². The number of imide groups is 1. The number of amides is 3. The van der Waals surface area contributed by atoms with Gasteiger partial charge in [0.15, 0.2) is 0 Å². The summed E-state index contributed by atoms with van der Waals surface area (Å²) in [6, 6.07) is 7.41. The molecule has 0 unspecified atom stereocenters. The first-order valence-electron chi connectivity index (χ1n) is 7.27. The minimum Gasteiger partial charge on any atom is -0.303 e. The molecule has 1 saturated carbocycles. The molecule has 0 atom stereocenters. The molecule has 110 valence electrons. The summed E-state index contributed by atoms with van der Waals surface area (Å²) in [6.07, 6.45) is 6.94. The van der Waals surface area contributed by atoms with Gasteiger partial charge in [0.25, 0.3) is 5.91 Å². The first-order chi connectivity index (χ1) is 10.1. The molecule has 1 heterocycles. The highest BCUT2D eigenvalue weighted by Gasteiger charge is 2.38. The Morgan fingerprint density at radius 1 is 1.19 bits per heavy atom. The van der Waals surface area contributed by atoms with Crippen molar-refractivity contribution in [3.8, 4) is 0 Å². The molecule has 1 aromatic rings. The molecule has 2 aliphatic rings. The van der Waals surface area contributed by atoms with Crippen molar-refractivity contribution in [1.29, 1.82) is 0 Å². The Balaban J connectivity index is 1.82. The quantitative estimate of drug-likeness (QED) is 0.654. The van der Waals surface area contributed by atoms with Crippen molar-refractivity contribution in [2.24, 2.45) is 0 Å². The highest BCUT2D eigenvalue weighted by Crippen LogP contribution is 2.27. The molecule has 4 nitrogen and oxygen atoms in total. The van der Waals surface area contributed by atoms with Gasteiger partial charge in [-0.15, -0.1) is 0 Å². The predicted octanol–water partition coefficient (Wildman–Crippen LogP) is 3.67. The van der Waals surface area contributed by atoms with Gasteiger partial charge in [0.05, 0.1) is 0 Å². The minimum atomic E-state index is -0.284. The second-order valence-electron chi connectivity index (χ2n) is 5.51. The zero-order chi connectivity index (χ0) is 14.8. The highest BCUT2D eigenvalue weighted by atomic mass is 79.9. The fourth-order valence-electron chi connectivity index (χ4n) is 2.98. The molecular formula is C16H17BrN2O2. The summed E-state index contributed by atoms with van der Waals surface area (Å²) in [7, 11) is 0. The number of halogens is 1. The van der Waals surface area contributed by atoms with Gasteiger partial charge in [0.1, 0.15) is 5.70 Å². The Hall–Kier alpha value is -1.62. The van der Waals surface area contributed by atoms with Crippen molar-refractivity contribution in [3.63, 3.8) is 0 Å². The zero-order valence-corrected chi connectivity index (χ0v) is 13.2. The van der Waals surface area contributed by atoms with Crippen LogP contribution in [0.3, 0.4) is 0 Å². The van der Waals surface area contributed by atoms with Crippen LogP contribution in [0.1, 0.15) is 37.7 Å². The second kappa shape index (κ2) is 6.02. The average Bonchev–Trinajstić information content (AvgIpc) is 2.74. The van der Waals surface area contributed by atoms with E-state index in [1.165, 1.54) is 11.3 Å². The van der Waals surface area contributed by atoms with E-state index < -0.39 is 0 Å². The van der Waals surface area contributed by atoms with Gasteiger partial charge >= 0.3 is 6.03 Å². The fraction of sp³-hybridized carbons (Fsp3) is 0.375. The van der Waals surface area contributed by atoms with Gasteiger partial charge in [-0.1, -0.05) is 47.3 Å². The van der Waals surface area contributed by atoms with E-state index in [2.05, 4.69) is 21.2 Å². The van der Waals surface area contributed by atoms with Gasteiger partial charge in [0.2, 0.25) is 0 Å². The maximum absolute atomic E-state index is 12.5. The number of hydrogen-bond acceptors (Lipinski definition) is 2. The topological polar surface area (TPSA) is 49.4 Å². The lowest BCUT2D eigenvalue weighted by atomic mass is 9.94. The first kappa shape index (κ1) is 14.3. The third-order valence-corrected chi connectivity index (χ3v) is 4.50. The van der Waals surface area contributed by atoms with Crippen LogP contribution in [0.5, 0.6) is 0 Å². The van der Waals surface area contributed by atoms with Gasteiger partial charge in [-0.25, -0.2) is 4.79 Å². The Labute approximate surface area is 132 Å². The van der Waals surface area contributed by atoms with E-state index >= 15 is 0 Å². The monoisotopic (exact) mass is 348 g/mol. The van der Waals surface area contributed by atoms with Crippen LogP contribution < -0.4 is 5.32 Å². The molecule has 1 saturated heterocycles. The third kappa shape index (κ3) is 3.02. The van der Waals surface area contributed by atoms with Crippen LogP contribution in [-0.2, 0) is 4.79 Å². The maximum Gasteiger partial charge on any atom is 0.329 e. The van der Waals surface area contributed by atoms with E-state index in [4.69, 9.17) is 0 Å². The summed E-state index contributed by atoms with van der Waals surface area (Å²) in [4.78, 5) is 26.0. The summed E-state index contributed by atoms with van der Waals surface area (Å²) in [6.45, 7) is 0. The van der Waals surface area contributed by atoms with Crippen LogP contribution in [0.2, 0.25) is 0 Å². The number of rotatable bonds is 2. The summed E-state index contributed by atoms with van der Waals surface area (Å²) < 4.78 is 0.942. The number of carbonyl (C=O) groups excluding carboxylic acids is 2. The molecule has 1 aliphatic carbocycles. The van der Waals surface area contributed by atoms with Crippen LogP contribution >= 0.6 is 15.9 Å². The van der Waals surface area contributed by atoms with Crippen LogP contribution in [0.25, 0.3) is 6.08 Å². The average molecular weight is 349 g/mol. The number of urea groups is 1. The van der Waals surface area contributed by atoms with E-state index in [0.29, 0.717) is 5.70 Å². The maximum atomic E-state index is 12.5. The predicted molar refractivity (Wildman–Crippen MR) is 84.4 cm³/mol. The Morgan fingerprint density at radius 2 is 1.95 bits per heavy atom.